The molecule has 4 N–H and O–H groups in total. The largest absolute Gasteiger partial charge is 0.393 e. The van der Waals surface area contributed by atoms with Crippen LogP contribution in [-0.4, -0.2) is 59.3 Å². The van der Waals surface area contributed by atoms with Crippen LogP contribution >= 0.6 is 11.3 Å². The molecule has 0 radical (unpaired) electrons. The van der Waals surface area contributed by atoms with Gasteiger partial charge in [-0.3, -0.25) is 4.79 Å². The number of carbonyl (C=O) groups excluding carboxylic acids is 1. The van der Waals surface area contributed by atoms with Crippen LogP contribution in [0.25, 0.3) is 10.2 Å². The summed E-state index contributed by atoms with van der Waals surface area (Å²) in [5, 5.41) is 6.96. The molecule has 1 saturated carbocycles. The molecule has 1 saturated heterocycles. The number of hydrogen-bond acceptors (Lipinski definition) is 8. The molecule has 0 aromatic carbocycles. The summed E-state index contributed by atoms with van der Waals surface area (Å²) in [6.45, 7) is 2.70. The first-order chi connectivity index (χ1) is 17.2. The molecule has 192 valence electrons. The SMILES string of the molecule is NCCCNC(=O)c1ccc(NC2CC3(CCN(c4ncnc5sc(CC(F)(F)F)cc45)C3)C2)nc1. The molecule has 3 aromatic rings. The summed E-state index contributed by atoms with van der Waals surface area (Å²) in [5.74, 6) is 1.29. The third kappa shape index (κ3) is 5.39. The van der Waals surface area contributed by atoms with E-state index in [1.807, 2.05) is 6.07 Å². The predicted octanol–water partition coefficient (Wildman–Crippen LogP) is 3.74. The van der Waals surface area contributed by atoms with E-state index in [9.17, 15) is 18.0 Å². The van der Waals surface area contributed by atoms with Gasteiger partial charge in [0.05, 0.1) is 17.4 Å². The second kappa shape index (κ2) is 9.81. The Hall–Kier alpha value is -2.99. The fraction of sp³-hybridized carbons (Fsp3) is 0.500. The molecule has 1 spiro atoms. The molecule has 0 bridgehead atoms. The van der Waals surface area contributed by atoms with Gasteiger partial charge in [-0.15, -0.1) is 11.3 Å². The second-order valence-electron chi connectivity index (χ2n) is 9.67. The van der Waals surface area contributed by atoms with Crippen molar-refractivity contribution in [1.82, 2.24) is 20.3 Å². The summed E-state index contributed by atoms with van der Waals surface area (Å²) in [4.78, 5) is 28.2. The average molecular weight is 520 g/mol. The fourth-order valence-electron chi connectivity index (χ4n) is 5.20. The van der Waals surface area contributed by atoms with Crippen molar-refractivity contribution in [3.63, 3.8) is 0 Å². The Bertz CT molecular complexity index is 1220. The maximum atomic E-state index is 12.9. The first kappa shape index (κ1) is 24.7. The van der Waals surface area contributed by atoms with Gasteiger partial charge >= 0.3 is 6.18 Å². The van der Waals surface area contributed by atoms with Crippen LogP contribution in [0.3, 0.4) is 0 Å². The van der Waals surface area contributed by atoms with Crippen LogP contribution in [0.5, 0.6) is 0 Å². The number of halogens is 3. The third-order valence-corrected chi connectivity index (χ3v) is 7.92. The summed E-state index contributed by atoms with van der Waals surface area (Å²) in [7, 11) is 0. The van der Waals surface area contributed by atoms with Crippen molar-refractivity contribution in [2.75, 3.05) is 36.4 Å². The number of pyridine rings is 1. The van der Waals surface area contributed by atoms with Gasteiger partial charge in [-0.05, 0) is 55.8 Å². The standard InChI is InChI=1S/C24H28F3N7OS/c25-24(26,27)11-17-8-18-20(31-14-32-22(18)36-17)34-7-4-23(13-34)9-16(10-23)33-19-3-2-15(12-30-19)21(35)29-6-1-5-28/h2-3,8,12,14,16H,1,4-7,9-11,13,28H2,(H,29,35)(H,30,33). The van der Waals surface area contributed by atoms with Gasteiger partial charge in [-0.1, -0.05) is 0 Å². The van der Waals surface area contributed by atoms with Crippen LogP contribution in [0.4, 0.5) is 24.8 Å². The summed E-state index contributed by atoms with van der Waals surface area (Å²) < 4.78 is 38.6. The van der Waals surface area contributed by atoms with Crippen LogP contribution in [-0.2, 0) is 6.42 Å². The van der Waals surface area contributed by atoms with E-state index in [2.05, 4.69) is 30.5 Å². The number of thiophene rings is 1. The van der Waals surface area contributed by atoms with E-state index < -0.39 is 12.6 Å². The van der Waals surface area contributed by atoms with Crippen molar-refractivity contribution in [2.24, 2.45) is 11.1 Å². The number of rotatable bonds is 8. The molecule has 2 fully saturated rings. The highest BCUT2D eigenvalue weighted by atomic mass is 32.1. The maximum absolute atomic E-state index is 12.9. The van der Waals surface area contributed by atoms with E-state index in [0.29, 0.717) is 28.9 Å². The van der Waals surface area contributed by atoms with Crippen molar-refractivity contribution < 1.29 is 18.0 Å². The molecule has 5 rings (SSSR count). The number of alkyl halides is 3. The first-order valence-corrected chi connectivity index (χ1v) is 12.8. The first-order valence-electron chi connectivity index (χ1n) is 12.0. The minimum absolute atomic E-state index is 0.155. The predicted molar refractivity (Wildman–Crippen MR) is 133 cm³/mol. The Labute approximate surface area is 210 Å². The van der Waals surface area contributed by atoms with Crippen LogP contribution in [0.1, 0.15) is 40.9 Å². The zero-order chi connectivity index (χ0) is 25.3. The molecule has 1 aliphatic carbocycles. The molecule has 3 aromatic heterocycles. The molecule has 0 atom stereocenters. The number of nitrogens with two attached hydrogens (primary N) is 1. The van der Waals surface area contributed by atoms with Crippen molar-refractivity contribution in [3.05, 3.63) is 41.2 Å². The van der Waals surface area contributed by atoms with Gasteiger partial charge in [-0.25, -0.2) is 15.0 Å². The summed E-state index contributed by atoms with van der Waals surface area (Å²) in [6, 6.07) is 5.45. The van der Waals surface area contributed by atoms with Gasteiger partial charge < -0.3 is 21.3 Å². The molecular formula is C24H28F3N7OS. The molecule has 36 heavy (non-hydrogen) atoms. The zero-order valence-corrected chi connectivity index (χ0v) is 20.5. The number of nitrogens with one attached hydrogen (secondary N) is 2. The molecule has 4 heterocycles. The number of fused-ring (bicyclic) bond motifs is 1. The second-order valence-corrected chi connectivity index (χ2v) is 10.8. The highest BCUT2D eigenvalue weighted by Gasteiger charge is 2.49. The number of nitrogens with zero attached hydrogens (tertiary/aromatic N) is 4. The van der Waals surface area contributed by atoms with Crippen molar-refractivity contribution in [3.8, 4) is 0 Å². The molecule has 8 nitrogen and oxygen atoms in total. The van der Waals surface area contributed by atoms with E-state index in [0.717, 1.165) is 61.7 Å². The summed E-state index contributed by atoms with van der Waals surface area (Å²) in [6.07, 6.45) is 1.51. The lowest BCUT2D eigenvalue weighted by molar-refractivity contribution is -0.126. The van der Waals surface area contributed by atoms with E-state index in [-0.39, 0.29) is 22.2 Å². The molecule has 1 amide bonds. The van der Waals surface area contributed by atoms with Gasteiger partial charge in [0.1, 0.15) is 22.8 Å². The Balaban J connectivity index is 1.17. The van der Waals surface area contributed by atoms with Gasteiger partial charge in [-0.2, -0.15) is 13.2 Å². The maximum Gasteiger partial charge on any atom is 0.393 e. The third-order valence-electron chi connectivity index (χ3n) is 6.87. The summed E-state index contributed by atoms with van der Waals surface area (Å²) in [5.41, 5.74) is 6.11. The molecule has 2 aliphatic rings. The van der Waals surface area contributed by atoms with Gasteiger partial charge in [0.15, 0.2) is 0 Å². The minimum Gasteiger partial charge on any atom is -0.367 e. The van der Waals surface area contributed by atoms with E-state index in [1.54, 1.807) is 18.3 Å². The topological polar surface area (TPSA) is 109 Å². The van der Waals surface area contributed by atoms with Crippen LogP contribution < -0.4 is 21.3 Å². The highest BCUT2D eigenvalue weighted by Crippen LogP contribution is 2.50. The van der Waals surface area contributed by atoms with Gasteiger partial charge in [0, 0.05) is 36.8 Å². The van der Waals surface area contributed by atoms with Crippen molar-refractivity contribution in [2.45, 2.75) is 44.3 Å². The Morgan fingerprint density at radius 1 is 1.25 bits per heavy atom. The number of hydrogen-bond donors (Lipinski definition) is 3. The zero-order valence-electron chi connectivity index (χ0n) is 19.6. The lowest BCUT2D eigenvalue weighted by Crippen LogP contribution is -2.47. The smallest absolute Gasteiger partial charge is 0.367 e. The van der Waals surface area contributed by atoms with Crippen LogP contribution in [0.15, 0.2) is 30.7 Å². The highest BCUT2D eigenvalue weighted by molar-refractivity contribution is 7.18. The quantitative estimate of drug-likeness (QED) is 0.389. The lowest BCUT2D eigenvalue weighted by Gasteiger charge is -2.45. The van der Waals surface area contributed by atoms with Crippen LogP contribution in [0, 0.1) is 5.41 Å². The van der Waals surface area contributed by atoms with E-state index in [4.69, 9.17) is 5.73 Å². The number of carbonyl (C=O) groups is 1. The fourth-order valence-corrected chi connectivity index (χ4v) is 6.22. The normalized spacial score (nSPS) is 21.7. The number of aromatic nitrogens is 3. The number of anilines is 2. The Morgan fingerprint density at radius 3 is 2.81 bits per heavy atom. The van der Waals surface area contributed by atoms with Crippen LogP contribution in [0.2, 0.25) is 0 Å². The van der Waals surface area contributed by atoms with E-state index >= 15 is 0 Å². The van der Waals surface area contributed by atoms with E-state index in [1.165, 1.54) is 6.33 Å². The number of amides is 1. The van der Waals surface area contributed by atoms with Gasteiger partial charge in [0.25, 0.3) is 5.91 Å². The molecule has 12 heteroatoms. The van der Waals surface area contributed by atoms with Crippen molar-refractivity contribution in [1.29, 1.82) is 0 Å². The molecule has 0 unspecified atom stereocenters. The Morgan fingerprint density at radius 2 is 2.08 bits per heavy atom. The summed E-state index contributed by atoms with van der Waals surface area (Å²) >= 11 is 1.08. The Kier molecular flexibility index (Phi) is 6.73. The average Bonchev–Trinajstić information content (AvgIpc) is 3.42. The van der Waals surface area contributed by atoms with Crippen molar-refractivity contribution >= 4 is 39.1 Å². The monoisotopic (exact) mass is 519 g/mol. The molecule has 1 aliphatic heterocycles. The minimum atomic E-state index is -4.24. The molecular weight excluding hydrogens is 491 g/mol. The lowest BCUT2D eigenvalue weighted by atomic mass is 9.65. The van der Waals surface area contributed by atoms with Gasteiger partial charge in [0.2, 0.25) is 0 Å².